The first-order valence-electron chi connectivity index (χ1n) is 9.86. The molecule has 0 spiro atoms. The Hall–Kier alpha value is -4.19. The first kappa shape index (κ1) is 19.8. The number of carbonyl (C=O) groups excluding carboxylic acids is 1. The first-order valence-corrected chi connectivity index (χ1v) is 9.86. The molecule has 1 saturated carbocycles. The van der Waals surface area contributed by atoms with Gasteiger partial charge in [0.05, 0.1) is 24.4 Å². The lowest BCUT2D eigenvalue weighted by Gasteiger charge is -2.16. The van der Waals surface area contributed by atoms with Crippen molar-refractivity contribution in [2.45, 2.75) is 12.0 Å². The molecule has 3 aromatic rings. The Kier molecular flexibility index (Phi) is 4.82. The van der Waals surface area contributed by atoms with E-state index in [1.54, 1.807) is 36.4 Å². The second-order valence-corrected chi connectivity index (χ2v) is 7.51. The van der Waals surface area contributed by atoms with Crippen LogP contribution in [0.1, 0.15) is 17.0 Å². The predicted octanol–water partition coefficient (Wildman–Crippen LogP) is 4.32. The van der Waals surface area contributed by atoms with Gasteiger partial charge in [0.2, 0.25) is 0 Å². The quantitative estimate of drug-likeness (QED) is 0.638. The highest BCUT2D eigenvalue weighted by Crippen LogP contribution is 2.55. The summed E-state index contributed by atoms with van der Waals surface area (Å²) in [5.41, 5.74) is 0.702. The SMILES string of the molecule is N#Cc1ccc(Oc2ccc(NC(=O)NC3[C@H]4COc5c(F)ccc(F)c5[C@@H]34)nc2)cc1. The van der Waals surface area contributed by atoms with Crippen molar-refractivity contribution >= 4 is 11.8 Å². The van der Waals surface area contributed by atoms with E-state index in [-0.39, 0.29) is 35.8 Å². The van der Waals surface area contributed by atoms with Gasteiger partial charge in [-0.1, -0.05) is 0 Å². The number of urea groups is 1. The van der Waals surface area contributed by atoms with Gasteiger partial charge in [0.1, 0.15) is 23.1 Å². The van der Waals surface area contributed by atoms with Gasteiger partial charge in [0.25, 0.3) is 0 Å². The number of carbonyl (C=O) groups is 1. The van der Waals surface area contributed by atoms with Crippen molar-refractivity contribution in [1.29, 1.82) is 5.26 Å². The van der Waals surface area contributed by atoms with Crippen LogP contribution in [0.15, 0.2) is 54.7 Å². The maximum atomic E-state index is 14.2. The summed E-state index contributed by atoms with van der Waals surface area (Å²) in [7, 11) is 0. The molecule has 3 atom stereocenters. The summed E-state index contributed by atoms with van der Waals surface area (Å²) in [4.78, 5) is 16.5. The number of aromatic nitrogens is 1. The zero-order valence-corrected chi connectivity index (χ0v) is 16.5. The molecule has 0 radical (unpaired) electrons. The lowest BCUT2D eigenvalue weighted by atomic mass is 10.0. The molecule has 2 aliphatic rings. The predicted molar refractivity (Wildman–Crippen MR) is 109 cm³/mol. The zero-order valence-electron chi connectivity index (χ0n) is 16.5. The van der Waals surface area contributed by atoms with Crippen LogP contribution in [0.3, 0.4) is 0 Å². The van der Waals surface area contributed by atoms with E-state index in [0.29, 0.717) is 22.9 Å². The van der Waals surface area contributed by atoms with Crippen LogP contribution in [0.4, 0.5) is 19.4 Å². The molecule has 7 nitrogen and oxygen atoms in total. The van der Waals surface area contributed by atoms with Crippen LogP contribution in [0.2, 0.25) is 0 Å². The molecule has 0 bridgehead atoms. The number of hydrogen-bond acceptors (Lipinski definition) is 5. The van der Waals surface area contributed by atoms with Crippen LogP contribution in [0.25, 0.3) is 0 Å². The third-order valence-corrected chi connectivity index (χ3v) is 5.51. The van der Waals surface area contributed by atoms with Crippen LogP contribution < -0.4 is 20.1 Å². The van der Waals surface area contributed by atoms with Gasteiger partial charge in [-0.2, -0.15) is 5.26 Å². The topological polar surface area (TPSA) is 96.3 Å². The number of nitrogens with one attached hydrogen (secondary N) is 2. The summed E-state index contributed by atoms with van der Waals surface area (Å²) >= 11 is 0. The molecule has 0 saturated heterocycles. The molecule has 1 aliphatic carbocycles. The lowest BCUT2D eigenvalue weighted by Crippen LogP contribution is -2.32. The third kappa shape index (κ3) is 3.67. The number of anilines is 1. The molecule has 2 amide bonds. The molecule has 160 valence electrons. The highest BCUT2D eigenvalue weighted by molar-refractivity contribution is 5.89. The largest absolute Gasteiger partial charge is 0.490 e. The van der Waals surface area contributed by atoms with E-state index >= 15 is 0 Å². The van der Waals surface area contributed by atoms with Crippen molar-refractivity contribution in [2.75, 3.05) is 11.9 Å². The number of nitriles is 1. The number of rotatable bonds is 4. The number of ether oxygens (including phenoxy) is 2. The van der Waals surface area contributed by atoms with Crippen LogP contribution in [-0.4, -0.2) is 23.7 Å². The van der Waals surface area contributed by atoms with Gasteiger partial charge in [-0.15, -0.1) is 0 Å². The number of hydrogen-bond donors (Lipinski definition) is 2. The number of pyridine rings is 1. The summed E-state index contributed by atoms with van der Waals surface area (Å²) in [5, 5.41) is 14.2. The molecule has 1 aliphatic heterocycles. The van der Waals surface area contributed by atoms with Crippen molar-refractivity contribution < 1.29 is 23.0 Å². The minimum absolute atomic E-state index is 0.0736. The number of benzene rings is 2. The Morgan fingerprint density at radius 3 is 2.56 bits per heavy atom. The minimum Gasteiger partial charge on any atom is -0.490 e. The van der Waals surface area contributed by atoms with Gasteiger partial charge in [-0.3, -0.25) is 5.32 Å². The fraction of sp³-hybridized carbons (Fsp3) is 0.174. The van der Waals surface area contributed by atoms with E-state index in [1.807, 2.05) is 6.07 Å². The molecule has 5 rings (SSSR count). The van der Waals surface area contributed by atoms with Crippen molar-refractivity contribution in [3.8, 4) is 23.3 Å². The Morgan fingerprint density at radius 2 is 1.84 bits per heavy atom. The number of fused-ring (bicyclic) bond motifs is 3. The average molecular weight is 434 g/mol. The van der Waals surface area contributed by atoms with E-state index in [9.17, 15) is 13.6 Å². The number of amides is 2. The summed E-state index contributed by atoms with van der Waals surface area (Å²) in [5.74, 6) is -0.352. The summed E-state index contributed by atoms with van der Waals surface area (Å²) in [6.07, 6.45) is 1.45. The van der Waals surface area contributed by atoms with E-state index in [4.69, 9.17) is 14.7 Å². The standard InChI is InChI=1S/C23H16F2N4O3/c24-16-6-7-17(25)22-20(16)19-15(11-31-22)21(19)29-23(30)28-18-8-5-14(10-27-18)32-13-3-1-12(9-26)2-4-13/h1-8,10,15,19,21H,11H2,(H2,27,28,29,30)/t15-,19-,21?/m0/s1. The molecule has 2 heterocycles. The van der Waals surface area contributed by atoms with E-state index in [2.05, 4.69) is 15.6 Å². The van der Waals surface area contributed by atoms with Crippen LogP contribution in [0.5, 0.6) is 17.2 Å². The number of halogens is 2. The molecular formula is C23H16F2N4O3. The highest BCUT2D eigenvalue weighted by Gasteiger charge is 2.57. The Labute approximate surface area is 181 Å². The van der Waals surface area contributed by atoms with Gasteiger partial charge >= 0.3 is 6.03 Å². The third-order valence-electron chi connectivity index (χ3n) is 5.51. The molecule has 2 aromatic carbocycles. The van der Waals surface area contributed by atoms with Crippen molar-refractivity contribution in [1.82, 2.24) is 10.3 Å². The van der Waals surface area contributed by atoms with Gasteiger partial charge in [0, 0.05) is 23.4 Å². The second-order valence-electron chi connectivity index (χ2n) is 7.51. The molecule has 9 heteroatoms. The fourth-order valence-electron chi connectivity index (χ4n) is 3.91. The maximum absolute atomic E-state index is 14.2. The van der Waals surface area contributed by atoms with Gasteiger partial charge in [0.15, 0.2) is 11.6 Å². The number of nitrogens with zero attached hydrogens (tertiary/aromatic N) is 2. The first-order chi connectivity index (χ1) is 15.5. The average Bonchev–Trinajstić information content (AvgIpc) is 3.50. The monoisotopic (exact) mass is 434 g/mol. The van der Waals surface area contributed by atoms with E-state index in [1.165, 1.54) is 6.20 Å². The molecular weight excluding hydrogens is 418 g/mol. The van der Waals surface area contributed by atoms with Crippen LogP contribution in [-0.2, 0) is 0 Å². The lowest BCUT2D eigenvalue weighted by molar-refractivity contribution is 0.247. The smallest absolute Gasteiger partial charge is 0.320 e. The molecule has 2 N–H and O–H groups in total. The van der Waals surface area contributed by atoms with Crippen LogP contribution in [0, 0.1) is 28.9 Å². The van der Waals surface area contributed by atoms with Crippen molar-refractivity contribution in [2.24, 2.45) is 5.92 Å². The zero-order chi connectivity index (χ0) is 22.2. The molecule has 1 unspecified atom stereocenters. The normalized spacial score (nSPS) is 20.1. The Morgan fingerprint density at radius 1 is 1.09 bits per heavy atom. The second kappa shape index (κ2) is 7.81. The summed E-state index contributed by atoms with van der Waals surface area (Å²) in [6, 6.07) is 13.1. The Balaban J connectivity index is 1.19. The van der Waals surface area contributed by atoms with Gasteiger partial charge in [-0.25, -0.2) is 18.6 Å². The van der Waals surface area contributed by atoms with Crippen molar-refractivity contribution in [3.63, 3.8) is 0 Å². The van der Waals surface area contributed by atoms with Crippen LogP contribution >= 0.6 is 0 Å². The van der Waals surface area contributed by atoms with Gasteiger partial charge < -0.3 is 14.8 Å². The van der Waals surface area contributed by atoms with Gasteiger partial charge in [-0.05, 0) is 48.5 Å². The maximum Gasteiger partial charge on any atom is 0.320 e. The van der Waals surface area contributed by atoms with E-state index < -0.39 is 17.7 Å². The highest BCUT2D eigenvalue weighted by atomic mass is 19.1. The Bertz CT molecular complexity index is 1230. The summed E-state index contributed by atoms with van der Waals surface area (Å²) in [6.45, 7) is 0.211. The van der Waals surface area contributed by atoms with Crippen molar-refractivity contribution in [3.05, 3.63) is 77.5 Å². The molecule has 1 aromatic heterocycles. The molecule has 1 fully saturated rings. The minimum atomic E-state index is -0.609. The fourth-order valence-corrected chi connectivity index (χ4v) is 3.91. The molecule has 32 heavy (non-hydrogen) atoms. The summed E-state index contributed by atoms with van der Waals surface area (Å²) < 4.78 is 39.1. The van der Waals surface area contributed by atoms with E-state index in [0.717, 1.165) is 12.1 Å².